The number of carbonyl (C=O) groups excluding carboxylic acids is 1. The molecule has 0 fully saturated rings. The highest BCUT2D eigenvalue weighted by molar-refractivity contribution is 6.30. The van der Waals surface area contributed by atoms with Gasteiger partial charge in [0.05, 0.1) is 0 Å². The Morgan fingerprint density at radius 3 is 2.56 bits per heavy atom. The van der Waals surface area contributed by atoms with Gasteiger partial charge in [-0.1, -0.05) is 37.1 Å². The Labute approximate surface area is 112 Å². The van der Waals surface area contributed by atoms with Crippen LogP contribution < -0.4 is 11.1 Å². The van der Waals surface area contributed by atoms with E-state index in [2.05, 4.69) is 12.2 Å². The Hall–Kier alpha value is -1.10. The van der Waals surface area contributed by atoms with Crippen molar-refractivity contribution in [1.82, 2.24) is 5.32 Å². The molecule has 18 heavy (non-hydrogen) atoms. The topological polar surface area (TPSA) is 75.3 Å². The average Bonchev–Trinajstić information content (AvgIpc) is 2.35. The molecule has 0 aliphatic rings. The fraction of sp³-hybridized carbons (Fsp3) is 0.462. The number of nitrogens with one attached hydrogen (secondary N) is 1. The molecule has 0 spiro atoms. The smallest absolute Gasteiger partial charge is 0.247 e. The lowest BCUT2D eigenvalue weighted by Gasteiger charge is -2.20. The standard InChI is InChI=1S/C13H19ClN2O2/c1-2-3-11(16-8-12(17)13(15)18)9-4-6-10(14)7-5-9/h4-7,11-12,16-17H,2-3,8H2,1H3,(H2,15,18). The molecule has 4 nitrogen and oxygen atoms in total. The van der Waals surface area contributed by atoms with Crippen LogP contribution in [-0.4, -0.2) is 23.7 Å². The molecule has 1 aromatic rings. The van der Waals surface area contributed by atoms with Gasteiger partial charge in [-0.25, -0.2) is 0 Å². The Balaban J connectivity index is 2.64. The largest absolute Gasteiger partial charge is 0.382 e. The lowest BCUT2D eigenvalue weighted by Crippen LogP contribution is -2.39. The number of benzene rings is 1. The summed E-state index contributed by atoms with van der Waals surface area (Å²) in [5, 5.41) is 13.2. The molecule has 0 aliphatic carbocycles. The maximum atomic E-state index is 10.8. The minimum absolute atomic E-state index is 0.0845. The fourth-order valence-corrected chi connectivity index (χ4v) is 1.85. The number of nitrogens with two attached hydrogens (primary N) is 1. The first-order valence-electron chi connectivity index (χ1n) is 6.00. The molecular weight excluding hydrogens is 252 g/mol. The van der Waals surface area contributed by atoms with Crippen LogP contribution in [0.5, 0.6) is 0 Å². The second kappa shape index (κ2) is 7.36. The van der Waals surface area contributed by atoms with Gasteiger partial charge < -0.3 is 16.2 Å². The molecule has 0 aromatic heterocycles. The summed E-state index contributed by atoms with van der Waals surface area (Å²) in [6, 6.07) is 7.61. The van der Waals surface area contributed by atoms with Crippen LogP contribution in [0.1, 0.15) is 31.4 Å². The molecule has 0 aliphatic heterocycles. The van der Waals surface area contributed by atoms with Crippen LogP contribution in [0.4, 0.5) is 0 Å². The summed E-state index contributed by atoms with van der Waals surface area (Å²) >= 11 is 5.84. The summed E-state index contributed by atoms with van der Waals surface area (Å²) < 4.78 is 0. The first kappa shape index (κ1) is 15.0. The summed E-state index contributed by atoms with van der Waals surface area (Å²) in [6.45, 7) is 2.23. The van der Waals surface area contributed by atoms with E-state index >= 15 is 0 Å². The Kier molecular flexibility index (Phi) is 6.12. The monoisotopic (exact) mass is 270 g/mol. The first-order chi connectivity index (χ1) is 8.54. The second-order valence-corrected chi connectivity index (χ2v) is 4.66. The number of rotatable bonds is 7. The summed E-state index contributed by atoms with van der Waals surface area (Å²) in [6.07, 6.45) is 0.747. The molecule has 0 saturated heterocycles. The minimum Gasteiger partial charge on any atom is -0.382 e. The van der Waals surface area contributed by atoms with Gasteiger partial charge in [-0.05, 0) is 24.1 Å². The third-order valence-corrected chi connectivity index (χ3v) is 2.99. The van der Waals surface area contributed by atoms with E-state index in [0.717, 1.165) is 18.4 Å². The maximum Gasteiger partial charge on any atom is 0.247 e. The molecule has 0 heterocycles. The van der Waals surface area contributed by atoms with Crippen molar-refractivity contribution in [3.63, 3.8) is 0 Å². The van der Waals surface area contributed by atoms with Crippen molar-refractivity contribution in [3.8, 4) is 0 Å². The molecule has 1 rings (SSSR count). The average molecular weight is 271 g/mol. The quantitative estimate of drug-likeness (QED) is 0.705. The number of hydrogen-bond acceptors (Lipinski definition) is 3. The van der Waals surface area contributed by atoms with Crippen molar-refractivity contribution in [2.45, 2.75) is 31.9 Å². The lowest BCUT2D eigenvalue weighted by molar-refractivity contribution is -0.125. The van der Waals surface area contributed by atoms with Gasteiger partial charge in [0.25, 0.3) is 0 Å². The summed E-state index contributed by atoms with van der Waals surface area (Å²) in [5.74, 6) is -0.714. The Morgan fingerprint density at radius 1 is 1.44 bits per heavy atom. The van der Waals surface area contributed by atoms with Crippen molar-refractivity contribution in [2.75, 3.05) is 6.54 Å². The van der Waals surface area contributed by atoms with E-state index in [0.29, 0.717) is 5.02 Å². The molecule has 1 aromatic carbocycles. The molecular formula is C13H19ClN2O2. The van der Waals surface area contributed by atoms with Crippen molar-refractivity contribution < 1.29 is 9.90 Å². The molecule has 0 radical (unpaired) electrons. The highest BCUT2D eigenvalue weighted by Crippen LogP contribution is 2.20. The van der Waals surface area contributed by atoms with Gasteiger partial charge >= 0.3 is 0 Å². The molecule has 2 atom stereocenters. The van der Waals surface area contributed by atoms with Gasteiger partial charge in [0.1, 0.15) is 6.10 Å². The van der Waals surface area contributed by atoms with Gasteiger partial charge in [-0.3, -0.25) is 4.79 Å². The van der Waals surface area contributed by atoms with E-state index in [-0.39, 0.29) is 12.6 Å². The van der Waals surface area contributed by atoms with E-state index in [9.17, 15) is 9.90 Å². The summed E-state index contributed by atoms with van der Waals surface area (Å²) in [5.41, 5.74) is 6.09. The fourth-order valence-electron chi connectivity index (χ4n) is 1.72. The molecule has 4 N–H and O–H groups in total. The van der Waals surface area contributed by atoms with Crippen LogP contribution in [0.25, 0.3) is 0 Å². The van der Waals surface area contributed by atoms with E-state index in [1.54, 1.807) is 0 Å². The minimum atomic E-state index is -1.16. The number of aliphatic hydroxyl groups excluding tert-OH is 1. The zero-order valence-electron chi connectivity index (χ0n) is 10.4. The first-order valence-corrected chi connectivity index (χ1v) is 6.38. The van der Waals surface area contributed by atoms with Crippen molar-refractivity contribution in [3.05, 3.63) is 34.9 Å². The number of amides is 1. The number of hydrogen-bond donors (Lipinski definition) is 3. The van der Waals surface area contributed by atoms with Gasteiger partial charge in [-0.2, -0.15) is 0 Å². The predicted molar refractivity (Wildman–Crippen MR) is 72.3 cm³/mol. The van der Waals surface area contributed by atoms with Crippen LogP contribution in [0, 0.1) is 0 Å². The SMILES string of the molecule is CCCC(NCC(O)C(N)=O)c1ccc(Cl)cc1. The van der Waals surface area contributed by atoms with E-state index in [4.69, 9.17) is 17.3 Å². The Morgan fingerprint density at radius 2 is 2.06 bits per heavy atom. The molecule has 1 amide bonds. The van der Waals surface area contributed by atoms with Gasteiger partial charge in [-0.15, -0.1) is 0 Å². The van der Waals surface area contributed by atoms with Gasteiger partial charge in [0.15, 0.2) is 0 Å². The normalized spacial score (nSPS) is 14.2. The van der Waals surface area contributed by atoms with Gasteiger partial charge in [0, 0.05) is 17.6 Å². The maximum absolute atomic E-state index is 10.8. The zero-order chi connectivity index (χ0) is 13.5. The number of aliphatic hydroxyl groups is 1. The second-order valence-electron chi connectivity index (χ2n) is 4.22. The molecule has 100 valence electrons. The highest BCUT2D eigenvalue weighted by atomic mass is 35.5. The number of carbonyl (C=O) groups is 1. The van der Waals surface area contributed by atoms with E-state index in [1.165, 1.54) is 0 Å². The van der Waals surface area contributed by atoms with Crippen LogP contribution in [0.15, 0.2) is 24.3 Å². The highest BCUT2D eigenvalue weighted by Gasteiger charge is 2.15. The predicted octanol–water partition coefficient (Wildman–Crippen LogP) is 1.62. The molecule has 0 bridgehead atoms. The van der Waals surface area contributed by atoms with Crippen molar-refractivity contribution >= 4 is 17.5 Å². The van der Waals surface area contributed by atoms with Crippen LogP contribution >= 0.6 is 11.6 Å². The molecule has 5 heteroatoms. The van der Waals surface area contributed by atoms with Gasteiger partial charge in [0.2, 0.25) is 5.91 Å². The number of primary amides is 1. The molecule has 2 unspecified atom stereocenters. The summed E-state index contributed by atoms with van der Waals surface area (Å²) in [7, 11) is 0. The van der Waals surface area contributed by atoms with Crippen LogP contribution in [0.3, 0.4) is 0 Å². The third-order valence-electron chi connectivity index (χ3n) is 2.74. The third kappa shape index (κ3) is 4.64. The lowest BCUT2D eigenvalue weighted by atomic mass is 10.0. The van der Waals surface area contributed by atoms with Crippen molar-refractivity contribution in [2.24, 2.45) is 5.73 Å². The van der Waals surface area contributed by atoms with Crippen LogP contribution in [-0.2, 0) is 4.79 Å². The number of halogens is 1. The van der Waals surface area contributed by atoms with E-state index in [1.807, 2.05) is 24.3 Å². The Bertz CT molecular complexity index is 381. The van der Waals surface area contributed by atoms with E-state index < -0.39 is 12.0 Å². The zero-order valence-corrected chi connectivity index (χ0v) is 11.2. The van der Waals surface area contributed by atoms with Crippen LogP contribution in [0.2, 0.25) is 5.02 Å². The molecule has 0 saturated carbocycles. The van der Waals surface area contributed by atoms with Crippen molar-refractivity contribution in [1.29, 1.82) is 0 Å². The summed E-state index contributed by atoms with van der Waals surface area (Å²) in [4.78, 5) is 10.8.